The predicted octanol–water partition coefficient (Wildman–Crippen LogP) is 3.31. The zero-order chi connectivity index (χ0) is 28.8. The number of benzene rings is 1. The first kappa shape index (κ1) is 28.5. The number of hydrogen-bond donors (Lipinski definition) is 1. The monoisotopic (exact) mass is 595 g/mol. The maximum Gasteiger partial charge on any atom is 0.280 e. The quantitative estimate of drug-likeness (QED) is 0.139. The molecule has 0 radical (unpaired) electrons. The van der Waals surface area contributed by atoms with E-state index in [-0.39, 0.29) is 22.5 Å². The Labute approximate surface area is 241 Å². The number of rotatable bonds is 13. The van der Waals surface area contributed by atoms with E-state index in [1.807, 2.05) is 14.1 Å². The van der Waals surface area contributed by atoms with E-state index in [2.05, 4.69) is 35.3 Å². The van der Waals surface area contributed by atoms with Crippen molar-refractivity contribution < 1.29 is 22.8 Å². The Morgan fingerprint density at radius 3 is 2.56 bits per heavy atom. The predicted molar refractivity (Wildman–Crippen MR) is 155 cm³/mol. The Kier molecular flexibility index (Phi) is 8.81. The van der Waals surface area contributed by atoms with Crippen LogP contribution >= 0.6 is 11.3 Å². The second kappa shape index (κ2) is 12.7. The van der Waals surface area contributed by atoms with Gasteiger partial charge in [-0.25, -0.2) is 28.4 Å². The smallest absolute Gasteiger partial charge is 0.280 e. The maximum absolute atomic E-state index is 13.4. The Hall–Kier alpha value is -4.01. The van der Waals surface area contributed by atoms with Gasteiger partial charge in [0.1, 0.15) is 10.3 Å². The summed E-state index contributed by atoms with van der Waals surface area (Å²) in [5, 5.41) is 6.79. The Bertz CT molecular complexity index is 1640. The number of nitrogens with one attached hydrogen (secondary N) is 1. The minimum atomic E-state index is -3.38. The summed E-state index contributed by atoms with van der Waals surface area (Å²) in [6.45, 7) is 1.38. The van der Waals surface area contributed by atoms with Crippen molar-refractivity contribution >= 4 is 48.3 Å². The summed E-state index contributed by atoms with van der Waals surface area (Å²) in [4.78, 5) is 38.8. The van der Waals surface area contributed by atoms with Crippen LogP contribution in [-0.4, -0.2) is 77.4 Å². The van der Waals surface area contributed by atoms with Gasteiger partial charge in [0, 0.05) is 30.6 Å². The van der Waals surface area contributed by atoms with Crippen LogP contribution in [0.1, 0.15) is 30.7 Å². The van der Waals surface area contributed by atoms with Gasteiger partial charge in [0.05, 0.1) is 16.8 Å². The molecule has 0 atom stereocenters. The van der Waals surface area contributed by atoms with Crippen LogP contribution in [0.5, 0.6) is 5.88 Å². The number of oxime groups is 1. The minimum Gasteiger partial charge on any atom is -0.478 e. The van der Waals surface area contributed by atoms with E-state index in [0.29, 0.717) is 52.2 Å². The summed E-state index contributed by atoms with van der Waals surface area (Å²) >= 11 is 1.20. The molecule has 1 fully saturated rings. The lowest BCUT2D eigenvalue weighted by Crippen LogP contribution is -2.24. The first-order valence-electron chi connectivity index (χ1n) is 13.0. The molecule has 1 aromatic carbocycles. The first-order valence-corrected chi connectivity index (χ1v) is 15.3. The molecule has 3 aromatic heterocycles. The summed E-state index contributed by atoms with van der Waals surface area (Å²) in [6.07, 6.45) is 5.34. The van der Waals surface area contributed by atoms with Crippen LogP contribution in [0.25, 0.3) is 10.3 Å². The number of pyridine rings is 1. The largest absolute Gasteiger partial charge is 0.478 e. The fraction of sp³-hybridized carbons (Fsp3) is 0.333. The van der Waals surface area contributed by atoms with Gasteiger partial charge in [-0.05, 0) is 57.6 Å². The third kappa shape index (κ3) is 7.39. The number of aromatic nitrogens is 4. The number of carbonyl (C=O) groups is 1. The van der Waals surface area contributed by atoms with Crippen LogP contribution in [0.3, 0.4) is 0 Å². The summed E-state index contributed by atoms with van der Waals surface area (Å²) in [7, 11) is 0.636. The summed E-state index contributed by atoms with van der Waals surface area (Å²) in [5.41, 5.74) is 0.920. The van der Waals surface area contributed by atoms with Crippen LogP contribution in [0, 0.1) is 0 Å². The summed E-state index contributed by atoms with van der Waals surface area (Å²) in [6, 6.07) is 11.2. The van der Waals surface area contributed by atoms with Crippen LogP contribution in [0.15, 0.2) is 64.9 Å². The second-order valence-corrected chi connectivity index (χ2v) is 12.8. The lowest BCUT2D eigenvalue weighted by molar-refractivity contribution is -0.110. The number of amides is 1. The molecular weight excluding hydrogens is 566 g/mol. The van der Waals surface area contributed by atoms with Crippen LogP contribution in [0.4, 0.5) is 5.13 Å². The zero-order valence-corrected chi connectivity index (χ0v) is 24.2. The van der Waals surface area contributed by atoms with Crippen molar-refractivity contribution in [2.24, 2.45) is 5.16 Å². The molecule has 14 heteroatoms. The molecule has 12 nitrogen and oxygen atoms in total. The van der Waals surface area contributed by atoms with Crippen molar-refractivity contribution in [2.45, 2.75) is 36.0 Å². The molecule has 1 N–H and O–H groups in total. The Morgan fingerprint density at radius 1 is 1.10 bits per heavy atom. The topological polar surface area (TPSA) is 149 Å². The average molecular weight is 596 g/mol. The molecule has 41 heavy (non-hydrogen) atoms. The first-order chi connectivity index (χ1) is 19.8. The van der Waals surface area contributed by atoms with Gasteiger partial charge in [-0.1, -0.05) is 28.6 Å². The molecule has 0 saturated heterocycles. The van der Waals surface area contributed by atoms with E-state index in [1.54, 1.807) is 30.6 Å². The lowest BCUT2D eigenvalue weighted by Gasteiger charge is -2.09. The van der Waals surface area contributed by atoms with Crippen molar-refractivity contribution in [1.82, 2.24) is 24.8 Å². The van der Waals surface area contributed by atoms with Gasteiger partial charge in [-0.3, -0.25) is 10.1 Å². The molecule has 4 aromatic rings. The molecule has 1 aliphatic rings. The molecule has 5 rings (SSSR count). The highest BCUT2D eigenvalue weighted by Crippen LogP contribution is 2.33. The molecular formula is C27H29N7O5S2. The number of anilines is 1. The highest BCUT2D eigenvalue weighted by molar-refractivity contribution is 7.92. The Morgan fingerprint density at radius 2 is 1.85 bits per heavy atom. The van der Waals surface area contributed by atoms with Crippen LogP contribution in [0.2, 0.25) is 0 Å². The Balaban J connectivity index is 1.33. The van der Waals surface area contributed by atoms with Gasteiger partial charge in [0.25, 0.3) is 5.91 Å². The standard InChI is InChI=1S/C27H29N7O5S2/c1-34(2)15-4-16-38-23-12-11-21-26(31-23)40-27(30-21)32-25(35)24(33-39-17-22-28-13-3-14-29-22)18-5-7-19(8-6-18)41(36,37)20-9-10-20/h3,5-8,11-14,20H,4,9-10,15-17H2,1-2H3,(H,30,32,35). The van der Waals surface area contributed by atoms with Crippen molar-refractivity contribution in [3.63, 3.8) is 0 Å². The van der Waals surface area contributed by atoms with Gasteiger partial charge in [-0.2, -0.15) is 0 Å². The van der Waals surface area contributed by atoms with E-state index in [4.69, 9.17) is 9.57 Å². The summed E-state index contributed by atoms with van der Waals surface area (Å²) < 4.78 is 31.0. The maximum atomic E-state index is 13.4. The minimum absolute atomic E-state index is 0.0614. The molecule has 214 valence electrons. The normalized spacial score (nSPS) is 13.9. The van der Waals surface area contributed by atoms with Gasteiger partial charge in [0.2, 0.25) is 5.88 Å². The van der Waals surface area contributed by atoms with Gasteiger partial charge in [0.15, 0.2) is 33.1 Å². The third-order valence-corrected chi connectivity index (χ3v) is 9.21. The van der Waals surface area contributed by atoms with Gasteiger partial charge < -0.3 is 14.5 Å². The van der Waals surface area contributed by atoms with E-state index in [1.165, 1.54) is 35.6 Å². The average Bonchev–Trinajstić information content (AvgIpc) is 3.75. The van der Waals surface area contributed by atoms with Crippen molar-refractivity contribution in [3.05, 3.63) is 66.2 Å². The van der Waals surface area contributed by atoms with Crippen LogP contribution in [-0.2, 0) is 26.1 Å². The number of ether oxygens (including phenoxy) is 1. The fourth-order valence-corrected chi connectivity index (χ4v) is 6.29. The molecule has 0 unspecified atom stereocenters. The highest BCUT2D eigenvalue weighted by Gasteiger charge is 2.36. The molecule has 0 bridgehead atoms. The number of sulfone groups is 1. The molecule has 1 amide bonds. The summed E-state index contributed by atoms with van der Waals surface area (Å²) in [5.74, 6) is 0.285. The number of carbonyl (C=O) groups excluding carboxylic acids is 1. The SMILES string of the molecule is CN(C)CCCOc1ccc2nc(NC(=O)C(=NOCc3ncccn3)c3ccc(S(=O)(=O)C4CC4)cc3)sc2n1. The molecule has 0 spiro atoms. The van der Waals surface area contributed by atoms with E-state index >= 15 is 0 Å². The van der Waals surface area contributed by atoms with Crippen LogP contribution < -0.4 is 10.1 Å². The van der Waals surface area contributed by atoms with Crippen molar-refractivity contribution in [2.75, 3.05) is 32.6 Å². The second-order valence-electron chi connectivity index (χ2n) is 9.60. The number of hydrogen-bond acceptors (Lipinski definition) is 12. The molecule has 1 saturated carbocycles. The lowest BCUT2D eigenvalue weighted by atomic mass is 10.1. The highest BCUT2D eigenvalue weighted by atomic mass is 32.2. The van der Waals surface area contributed by atoms with E-state index in [9.17, 15) is 13.2 Å². The van der Waals surface area contributed by atoms with E-state index < -0.39 is 15.7 Å². The fourth-order valence-electron chi connectivity index (χ4n) is 3.81. The number of thiazole rings is 1. The van der Waals surface area contributed by atoms with Gasteiger partial charge >= 0.3 is 0 Å². The number of fused-ring (bicyclic) bond motifs is 1. The molecule has 3 heterocycles. The van der Waals surface area contributed by atoms with Crippen molar-refractivity contribution in [3.8, 4) is 5.88 Å². The third-order valence-electron chi connectivity index (χ3n) is 6.05. The van der Waals surface area contributed by atoms with Gasteiger partial charge in [-0.15, -0.1) is 0 Å². The molecule has 1 aliphatic carbocycles. The zero-order valence-electron chi connectivity index (χ0n) is 22.6. The van der Waals surface area contributed by atoms with Crippen molar-refractivity contribution in [1.29, 1.82) is 0 Å². The number of nitrogens with zero attached hydrogens (tertiary/aromatic N) is 6. The molecule has 0 aliphatic heterocycles. The van der Waals surface area contributed by atoms with E-state index in [0.717, 1.165) is 13.0 Å².